The second-order valence-corrected chi connectivity index (χ2v) is 7.51. The minimum atomic E-state index is -0.158. The van der Waals surface area contributed by atoms with Crippen LogP contribution in [0.2, 0.25) is 0 Å². The number of hydrogen-bond donors (Lipinski definition) is 0. The summed E-state index contributed by atoms with van der Waals surface area (Å²) in [6, 6.07) is 9.89. The van der Waals surface area contributed by atoms with Gasteiger partial charge in [0.15, 0.2) is 0 Å². The Hall–Kier alpha value is -2.47. The molecule has 1 saturated carbocycles. The van der Waals surface area contributed by atoms with E-state index in [1.54, 1.807) is 17.4 Å². The molecule has 1 aliphatic rings. The van der Waals surface area contributed by atoms with Crippen molar-refractivity contribution in [2.75, 3.05) is 0 Å². The van der Waals surface area contributed by atoms with Crippen LogP contribution in [0.5, 0.6) is 0 Å². The summed E-state index contributed by atoms with van der Waals surface area (Å²) in [6.45, 7) is 2.59. The van der Waals surface area contributed by atoms with Gasteiger partial charge in [-0.05, 0) is 42.8 Å². The molecule has 0 bridgehead atoms. The lowest BCUT2D eigenvalue weighted by Crippen LogP contribution is -2.37. The molecule has 4 rings (SSSR count). The molecule has 25 heavy (non-hydrogen) atoms. The lowest BCUT2D eigenvalue weighted by atomic mass is 10.1. The summed E-state index contributed by atoms with van der Waals surface area (Å²) in [5.74, 6) is -0.0215. The molecule has 1 aromatic carbocycles. The number of amides is 1. The summed E-state index contributed by atoms with van der Waals surface area (Å²) in [6.07, 6.45) is 3.58. The SMILES string of the molecule is Cc1cccc2c(=O)n(CC(=O)N(Cc3cccs3)C3CC3)cnc12. The molecule has 3 aromatic rings. The van der Waals surface area contributed by atoms with Gasteiger partial charge >= 0.3 is 0 Å². The Morgan fingerprint density at radius 1 is 1.32 bits per heavy atom. The normalized spacial score (nSPS) is 14.0. The Labute approximate surface area is 149 Å². The van der Waals surface area contributed by atoms with E-state index >= 15 is 0 Å². The molecule has 0 radical (unpaired) electrons. The fraction of sp³-hybridized carbons (Fsp3) is 0.316. The Balaban J connectivity index is 1.60. The zero-order valence-electron chi connectivity index (χ0n) is 14.0. The van der Waals surface area contributed by atoms with Crippen LogP contribution in [-0.4, -0.2) is 26.4 Å². The average Bonchev–Trinajstić information content (AvgIpc) is 3.31. The smallest absolute Gasteiger partial charge is 0.261 e. The minimum Gasteiger partial charge on any atom is -0.333 e. The van der Waals surface area contributed by atoms with Gasteiger partial charge in [-0.25, -0.2) is 4.98 Å². The van der Waals surface area contributed by atoms with E-state index in [0.29, 0.717) is 23.5 Å². The molecule has 0 atom stereocenters. The van der Waals surface area contributed by atoms with E-state index in [-0.39, 0.29) is 18.0 Å². The molecule has 0 N–H and O–H groups in total. The highest BCUT2D eigenvalue weighted by Gasteiger charge is 2.32. The molecule has 5 nitrogen and oxygen atoms in total. The number of fused-ring (bicyclic) bond motifs is 1. The Morgan fingerprint density at radius 3 is 2.88 bits per heavy atom. The Morgan fingerprint density at radius 2 is 2.16 bits per heavy atom. The maximum absolute atomic E-state index is 12.8. The third kappa shape index (κ3) is 3.22. The lowest BCUT2D eigenvalue weighted by Gasteiger charge is -2.22. The summed E-state index contributed by atoms with van der Waals surface area (Å²) in [4.78, 5) is 33.0. The van der Waals surface area contributed by atoms with Crippen molar-refractivity contribution >= 4 is 28.1 Å². The highest BCUT2D eigenvalue weighted by atomic mass is 32.1. The second-order valence-electron chi connectivity index (χ2n) is 6.48. The lowest BCUT2D eigenvalue weighted by molar-refractivity contribution is -0.133. The quantitative estimate of drug-likeness (QED) is 0.709. The third-order valence-corrected chi connectivity index (χ3v) is 5.44. The van der Waals surface area contributed by atoms with Gasteiger partial charge in [0.25, 0.3) is 5.56 Å². The van der Waals surface area contributed by atoms with Crippen LogP contribution in [0.15, 0.2) is 46.8 Å². The number of aryl methyl sites for hydroxylation is 1. The molecule has 128 valence electrons. The third-order valence-electron chi connectivity index (χ3n) is 4.58. The number of thiophene rings is 1. The van der Waals surface area contributed by atoms with Crippen molar-refractivity contribution in [3.8, 4) is 0 Å². The van der Waals surface area contributed by atoms with E-state index in [9.17, 15) is 9.59 Å². The average molecular weight is 353 g/mol. The topological polar surface area (TPSA) is 55.2 Å². The van der Waals surface area contributed by atoms with Crippen molar-refractivity contribution in [2.45, 2.75) is 38.9 Å². The molecule has 0 unspecified atom stereocenters. The maximum atomic E-state index is 12.8. The first-order valence-electron chi connectivity index (χ1n) is 8.40. The molecule has 1 fully saturated rings. The van der Waals surface area contributed by atoms with Crippen molar-refractivity contribution in [1.29, 1.82) is 0 Å². The van der Waals surface area contributed by atoms with Gasteiger partial charge in [0, 0.05) is 10.9 Å². The Kier molecular flexibility index (Phi) is 4.13. The van der Waals surface area contributed by atoms with E-state index < -0.39 is 0 Å². The van der Waals surface area contributed by atoms with Crippen LogP contribution >= 0.6 is 11.3 Å². The molecule has 1 aliphatic carbocycles. The van der Waals surface area contributed by atoms with Gasteiger partial charge in [0.1, 0.15) is 6.54 Å². The minimum absolute atomic E-state index is 0.0215. The maximum Gasteiger partial charge on any atom is 0.261 e. The standard InChI is InChI=1S/C19H19N3O2S/c1-13-4-2-6-16-18(13)20-12-21(19(16)24)11-17(23)22(14-7-8-14)10-15-5-3-9-25-15/h2-6,9,12,14H,7-8,10-11H2,1H3. The zero-order valence-corrected chi connectivity index (χ0v) is 14.8. The predicted molar refractivity (Wildman–Crippen MR) is 98.6 cm³/mol. The van der Waals surface area contributed by atoms with Gasteiger partial charge in [0.05, 0.1) is 23.8 Å². The number of rotatable bonds is 5. The molecular weight excluding hydrogens is 334 g/mol. The summed E-state index contributed by atoms with van der Waals surface area (Å²) in [5, 5.41) is 2.58. The van der Waals surface area contributed by atoms with Crippen LogP contribution in [-0.2, 0) is 17.9 Å². The van der Waals surface area contributed by atoms with Gasteiger partial charge in [-0.3, -0.25) is 14.2 Å². The number of carbonyl (C=O) groups excluding carboxylic acids is 1. The fourth-order valence-corrected chi connectivity index (χ4v) is 3.77. The van der Waals surface area contributed by atoms with Crippen molar-refractivity contribution < 1.29 is 4.79 Å². The number of carbonyl (C=O) groups is 1. The highest BCUT2D eigenvalue weighted by molar-refractivity contribution is 7.09. The van der Waals surface area contributed by atoms with Gasteiger partial charge in [-0.1, -0.05) is 18.2 Å². The van der Waals surface area contributed by atoms with Gasteiger partial charge in [-0.2, -0.15) is 0 Å². The number of para-hydroxylation sites is 1. The van der Waals surface area contributed by atoms with Crippen molar-refractivity contribution in [2.24, 2.45) is 0 Å². The number of aromatic nitrogens is 2. The molecule has 0 spiro atoms. The van der Waals surface area contributed by atoms with Gasteiger partial charge < -0.3 is 4.90 Å². The van der Waals surface area contributed by atoms with Crippen LogP contribution < -0.4 is 5.56 Å². The molecule has 1 amide bonds. The first-order chi connectivity index (χ1) is 12.1. The van der Waals surface area contributed by atoms with Gasteiger partial charge in [-0.15, -0.1) is 11.3 Å². The molecular formula is C19H19N3O2S. The van der Waals surface area contributed by atoms with Crippen molar-refractivity contribution in [3.63, 3.8) is 0 Å². The van der Waals surface area contributed by atoms with Crippen molar-refractivity contribution in [1.82, 2.24) is 14.5 Å². The van der Waals surface area contributed by atoms with Crippen molar-refractivity contribution in [3.05, 3.63) is 62.8 Å². The highest BCUT2D eigenvalue weighted by Crippen LogP contribution is 2.29. The van der Waals surface area contributed by atoms with Crippen LogP contribution in [0, 0.1) is 6.92 Å². The molecule has 6 heteroatoms. The van der Waals surface area contributed by atoms with Gasteiger partial charge in [0.2, 0.25) is 5.91 Å². The zero-order chi connectivity index (χ0) is 17.4. The van der Waals surface area contributed by atoms with Crippen LogP contribution in [0.4, 0.5) is 0 Å². The molecule has 2 aromatic heterocycles. The Bertz CT molecular complexity index is 974. The predicted octanol–water partition coefficient (Wildman–Crippen LogP) is 2.96. The second kappa shape index (κ2) is 6.44. The first kappa shape index (κ1) is 16.0. The monoisotopic (exact) mass is 353 g/mol. The summed E-state index contributed by atoms with van der Waals surface area (Å²) < 4.78 is 1.42. The molecule has 0 aliphatic heterocycles. The van der Waals surface area contributed by atoms with Crippen LogP contribution in [0.1, 0.15) is 23.3 Å². The van der Waals surface area contributed by atoms with Crippen LogP contribution in [0.25, 0.3) is 10.9 Å². The van der Waals surface area contributed by atoms with E-state index in [4.69, 9.17) is 0 Å². The van der Waals surface area contributed by atoms with E-state index in [2.05, 4.69) is 4.98 Å². The largest absolute Gasteiger partial charge is 0.333 e. The number of nitrogens with zero attached hydrogens (tertiary/aromatic N) is 3. The summed E-state index contributed by atoms with van der Waals surface area (Å²) >= 11 is 1.65. The molecule has 0 saturated heterocycles. The molecule has 2 heterocycles. The first-order valence-corrected chi connectivity index (χ1v) is 9.28. The number of hydrogen-bond acceptors (Lipinski definition) is 4. The van der Waals surface area contributed by atoms with E-state index in [1.807, 2.05) is 41.5 Å². The summed E-state index contributed by atoms with van der Waals surface area (Å²) in [5.41, 5.74) is 1.51. The van der Waals surface area contributed by atoms with E-state index in [1.165, 1.54) is 15.8 Å². The van der Waals surface area contributed by atoms with E-state index in [0.717, 1.165) is 18.4 Å². The number of benzene rings is 1. The fourth-order valence-electron chi connectivity index (χ4n) is 3.06. The van der Waals surface area contributed by atoms with Crippen LogP contribution in [0.3, 0.4) is 0 Å². The summed E-state index contributed by atoms with van der Waals surface area (Å²) in [7, 11) is 0.